The van der Waals surface area contributed by atoms with E-state index in [1.54, 1.807) is 53.8 Å². The third-order valence-electron chi connectivity index (χ3n) is 5.60. The maximum atomic E-state index is 14.2. The molecule has 3 aromatic rings. The highest BCUT2D eigenvalue weighted by Gasteiger charge is 2.32. The molecule has 0 bridgehead atoms. The van der Waals surface area contributed by atoms with Crippen LogP contribution in [0.15, 0.2) is 77.0 Å². The minimum absolute atomic E-state index is 0.0961. The molecule has 0 spiro atoms. The van der Waals surface area contributed by atoms with E-state index in [4.69, 9.17) is 0 Å². The normalized spacial score (nSPS) is 17.4. The van der Waals surface area contributed by atoms with Crippen LogP contribution in [-0.2, 0) is 10.0 Å². The van der Waals surface area contributed by atoms with Crippen LogP contribution in [0.25, 0.3) is 0 Å². The fraction of sp³-hybridized carbons (Fsp3) is 0.304. The van der Waals surface area contributed by atoms with Gasteiger partial charge in [0.25, 0.3) is 0 Å². The van der Waals surface area contributed by atoms with Crippen LogP contribution in [0.3, 0.4) is 0 Å². The zero-order chi connectivity index (χ0) is 21.8. The predicted molar refractivity (Wildman–Crippen MR) is 123 cm³/mol. The molecule has 2 heterocycles. The lowest BCUT2D eigenvalue weighted by atomic mass is 10.1. The lowest BCUT2D eigenvalue weighted by molar-refractivity contribution is 0.163. The fourth-order valence-electron chi connectivity index (χ4n) is 4.13. The monoisotopic (exact) mass is 459 g/mol. The van der Waals surface area contributed by atoms with Gasteiger partial charge in [-0.3, -0.25) is 4.90 Å². The van der Waals surface area contributed by atoms with Crippen LogP contribution in [0.4, 0.5) is 10.1 Å². The minimum Gasteiger partial charge on any atom is -0.367 e. The number of halogens is 1. The molecular weight excluding hydrogens is 433 g/mol. The van der Waals surface area contributed by atoms with Crippen molar-refractivity contribution in [3.8, 4) is 0 Å². The lowest BCUT2D eigenvalue weighted by Gasteiger charge is -2.42. The van der Waals surface area contributed by atoms with Crippen molar-refractivity contribution < 1.29 is 12.8 Å². The minimum atomic E-state index is -3.63. The van der Waals surface area contributed by atoms with Crippen molar-refractivity contribution >= 4 is 27.0 Å². The molecule has 1 aliphatic rings. The van der Waals surface area contributed by atoms with Crippen LogP contribution in [0.2, 0.25) is 0 Å². The van der Waals surface area contributed by atoms with Crippen molar-refractivity contribution in [2.75, 3.05) is 31.1 Å². The van der Waals surface area contributed by atoms with E-state index in [0.29, 0.717) is 31.9 Å². The smallest absolute Gasteiger partial charge is 0.240 e. The van der Waals surface area contributed by atoms with Gasteiger partial charge in [-0.1, -0.05) is 36.4 Å². The molecule has 0 radical (unpaired) electrons. The summed E-state index contributed by atoms with van der Waals surface area (Å²) >= 11 is 1.62. The van der Waals surface area contributed by atoms with E-state index in [1.807, 2.05) is 30.5 Å². The van der Waals surface area contributed by atoms with Gasteiger partial charge < -0.3 is 4.90 Å². The van der Waals surface area contributed by atoms with Gasteiger partial charge in [0.2, 0.25) is 10.0 Å². The molecule has 2 aromatic carbocycles. The van der Waals surface area contributed by atoms with E-state index in [9.17, 15) is 12.8 Å². The highest BCUT2D eigenvalue weighted by atomic mass is 32.2. The average molecular weight is 460 g/mol. The molecule has 5 nitrogen and oxygen atoms in total. The molecule has 8 heteroatoms. The van der Waals surface area contributed by atoms with Crippen molar-refractivity contribution in [1.29, 1.82) is 0 Å². The zero-order valence-electron chi connectivity index (χ0n) is 17.3. The number of hydrogen-bond acceptors (Lipinski definition) is 5. The molecule has 0 saturated carbocycles. The number of thiophene rings is 1. The Balaban J connectivity index is 1.51. The van der Waals surface area contributed by atoms with Crippen molar-refractivity contribution in [3.63, 3.8) is 0 Å². The third-order valence-corrected chi connectivity index (χ3v) is 8.12. The fourth-order valence-corrected chi connectivity index (χ4v) is 6.36. The predicted octanol–water partition coefficient (Wildman–Crippen LogP) is 4.12. The first-order chi connectivity index (χ1) is 15.0. The van der Waals surface area contributed by atoms with Gasteiger partial charge in [-0.15, -0.1) is 11.3 Å². The third kappa shape index (κ3) is 4.98. The average Bonchev–Trinajstić information content (AvgIpc) is 3.29. The zero-order valence-corrected chi connectivity index (χ0v) is 18.9. The maximum Gasteiger partial charge on any atom is 0.240 e. The number of benzene rings is 2. The Morgan fingerprint density at radius 1 is 0.935 bits per heavy atom. The molecule has 164 valence electrons. The first-order valence-electron chi connectivity index (χ1n) is 10.3. The molecule has 1 N–H and O–H groups in total. The second-order valence-electron chi connectivity index (χ2n) is 7.66. The van der Waals surface area contributed by atoms with Gasteiger partial charge >= 0.3 is 0 Å². The largest absolute Gasteiger partial charge is 0.367 e. The molecular formula is C23H26FN3O2S2. The van der Waals surface area contributed by atoms with Crippen molar-refractivity contribution in [3.05, 3.63) is 82.8 Å². The maximum absolute atomic E-state index is 14.2. The van der Waals surface area contributed by atoms with Gasteiger partial charge in [0.05, 0.1) is 16.6 Å². The van der Waals surface area contributed by atoms with Crippen LogP contribution >= 0.6 is 11.3 Å². The van der Waals surface area contributed by atoms with Crippen LogP contribution in [0, 0.1) is 5.82 Å². The Hall–Kier alpha value is -2.26. The summed E-state index contributed by atoms with van der Waals surface area (Å²) in [5.41, 5.74) is 0.618. The summed E-state index contributed by atoms with van der Waals surface area (Å²) in [5, 5.41) is 2.01. The summed E-state index contributed by atoms with van der Waals surface area (Å²) in [6, 6.07) is 18.9. The van der Waals surface area contributed by atoms with Crippen LogP contribution in [0.5, 0.6) is 0 Å². The second-order valence-corrected chi connectivity index (χ2v) is 10.4. The highest BCUT2D eigenvalue weighted by molar-refractivity contribution is 7.89. The topological polar surface area (TPSA) is 52.7 Å². The van der Waals surface area contributed by atoms with E-state index < -0.39 is 10.0 Å². The van der Waals surface area contributed by atoms with E-state index in [-0.39, 0.29) is 22.8 Å². The summed E-state index contributed by atoms with van der Waals surface area (Å²) in [5.74, 6) is -0.213. The van der Waals surface area contributed by atoms with Gasteiger partial charge in [0.15, 0.2) is 0 Å². The second kappa shape index (κ2) is 9.48. The van der Waals surface area contributed by atoms with Crippen molar-refractivity contribution in [1.82, 2.24) is 9.62 Å². The van der Waals surface area contributed by atoms with Gasteiger partial charge in [0, 0.05) is 37.1 Å². The number of sulfonamides is 1. The number of rotatable bonds is 7. The molecule has 1 saturated heterocycles. The Labute approximate surface area is 187 Å². The standard InChI is InChI=1S/C23H26FN3O2S2/c1-18(25-31(28,29)19-8-3-2-4-9-19)23(22-12-7-17-30-22)27-15-13-26(14-16-27)21-11-6-5-10-20(21)24/h2-12,17-18,23,25H,13-16H2,1H3/t18-,23-/m1/s1. The number of para-hydroxylation sites is 1. The number of anilines is 1. The van der Waals surface area contributed by atoms with E-state index in [2.05, 4.69) is 14.5 Å². The van der Waals surface area contributed by atoms with E-state index in [1.165, 1.54) is 6.07 Å². The highest BCUT2D eigenvalue weighted by Crippen LogP contribution is 2.31. The Bertz CT molecular complexity index is 1080. The Morgan fingerprint density at radius 3 is 2.26 bits per heavy atom. The SMILES string of the molecule is C[C@@H](NS(=O)(=O)c1ccccc1)[C@H](c1cccs1)N1CCN(c2ccccc2F)CC1. The van der Waals surface area contributed by atoms with Crippen LogP contribution < -0.4 is 9.62 Å². The van der Waals surface area contributed by atoms with Gasteiger partial charge in [-0.2, -0.15) is 0 Å². The molecule has 0 unspecified atom stereocenters. The molecule has 2 atom stereocenters. The first kappa shape index (κ1) is 22.0. The van der Waals surface area contributed by atoms with Crippen LogP contribution in [-0.4, -0.2) is 45.5 Å². The molecule has 1 aliphatic heterocycles. The Kier molecular flexibility index (Phi) is 6.71. The molecule has 1 fully saturated rings. The first-order valence-corrected chi connectivity index (χ1v) is 12.7. The van der Waals surface area contributed by atoms with Crippen molar-refractivity contribution in [2.24, 2.45) is 0 Å². The number of hydrogen-bond donors (Lipinski definition) is 1. The Morgan fingerprint density at radius 2 is 1.61 bits per heavy atom. The van der Waals surface area contributed by atoms with Crippen LogP contribution in [0.1, 0.15) is 17.8 Å². The molecule has 0 amide bonds. The summed E-state index contributed by atoms with van der Waals surface area (Å²) < 4.78 is 42.9. The summed E-state index contributed by atoms with van der Waals surface area (Å²) in [6.07, 6.45) is 0. The molecule has 31 heavy (non-hydrogen) atoms. The molecule has 0 aliphatic carbocycles. The van der Waals surface area contributed by atoms with Gasteiger partial charge in [-0.05, 0) is 42.6 Å². The van der Waals surface area contributed by atoms with E-state index >= 15 is 0 Å². The summed E-state index contributed by atoms with van der Waals surface area (Å²) in [7, 11) is -3.63. The van der Waals surface area contributed by atoms with Gasteiger partial charge in [0.1, 0.15) is 5.82 Å². The molecule has 1 aromatic heterocycles. The number of nitrogens with one attached hydrogen (secondary N) is 1. The summed E-state index contributed by atoms with van der Waals surface area (Å²) in [6.45, 7) is 4.71. The number of piperazine rings is 1. The van der Waals surface area contributed by atoms with Gasteiger partial charge in [-0.25, -0.2) is 17.5 Å². The number of nitrogens with zero attached hydrogens (tertiary/aromatic N) is 2. The quantitative estimate of drug-likeness (QED) is 0.578. The summed E-state index contributed by atoms with van der Waals surface area (Å²) in [4.78, 5) is 5.72. The lowest BCUT2D eigenvalue weighted by Crippen LogP contribution is -2.52. The molecule has 4 rings (SSSR count). The van der Waals surface area contributed by atoms with E-state index in [0.717, 1.165) is 4.88 Å². The van der Waals surface area contributed by atoms with Crippen molar-refractivity contribution in [2.45, 2.75) is 23.9 Å².